The maximum Gasteiger partial charge on any atom is 0.167 e. The first-order valence-corrected chi connectivity index (χ1v) is 22.5. The molecule has 0 unspecified atom stereocenters. The standard InChI is InChI=1S/C61H44N4O/c1-5-38(42-32-33-54-50(35-42)51-36-49-45-26-16-17-31-52(45)61(3,4)53(49)37-55(51)65(54)43-24-14-9-15-25-43)34-39(6-2)44-27-18-28-46-47-29-19-30-48(57(47)66-56(44)46)60-63-58(40-20-10-7-11-21-40)62-59(64-60)41-22-12-8-13-23-41/h5-37H,1H2,2-4H3/b38-34+,39-6+. The van der Waals surface area contributed by atoms with Gasteiger partial charge < -0.3 is 8.98 Å². The first-order valence-electron chi connectivity index (χ1n) is 22.5. The van der Waals surface area contributed by atoms with Crippen molar-refractivity contribution in [3.63, 3.8) is 0 Å². The summed E-state index contributed by atoms with van der Waals surface area (Å²) in [6, 6.07) is 64.0. The molecule has 0 radical (unpaired) electrons. The highest BCUT2D eigenvalue weighted by molar-refractivity contribution is 6.14. The number of hydrogen-bond donors (Lipinski definition) is 0. The molecule has 0 amide bonds. The molecule has 0 fully saturated rings. The quantitative estimate of drug-likeness (QED) is 0.143. The van der Waals surface area contributed by atoms with Gasteiger partial charge in [0.25, 0.3) is 0 Å². The maximum absolute atomic E-state index is 6.99. The number of nitrogens with zero attached hydrogens (tertiary/aromatic N) is 4. The van der Waals surface area contributed by atoms with Crippen molar-refractivity contribution in [2.45, 2.75) is 26.2 Å². The lowest BCUT2D eigenvalue weighted by Crippen LogP contribution is -2.14. The lowest BCUT2D eigenvalue weighted by molar-refractivity contribution is 0.661. The summed E-state index contributed by atoms with van der Waals surface area (Å²) in [6.07, 6.45) is 6.34. The van der Waals surface area contributed by atoms with E-state index in [1.807, 2.05) is 72.8 Å². The van der Waals surface area contributed by atoms with E-state index in [2.05, 4.69) is 159 Å². The highest BCUT2D eigenvalue weighted by Gasteiger charge is 2.36. The average molecular weight is 849 g/mol. The van der Waals surface area contributed by atoms with Crippen LogP contribution < -0.4 is 0 Å². The molecule has 0 bridgehead atoms. The predicted molar refractivity (Wildman–Crippen MR) is 274 cm³/mol. The molecule has 3 heterocycles. The van der Waals surface area contributed by atoms with Gasteiger partial charge >= 0.3 is 0 Å². The van der Waals surface area contributed by atoms with Crippen LogP contribution in [0.15, 0.2) is 211 Å². The fraction of sp³-hybridized carbons (Fsp3) is 0.0656. The van der Waals surface area contributed by atoms with Gasteiger partial charge in [-0.2, -0.15) is 0 Å². The van der Waals surface area contributed by atoms with E-state index in [9.17, 15) is 0 Å². The molecule has 0 spiro atoms. The Morgan fingerprint density at radius 2 is 1.12 bits per heavy atom. The Kier molecular flexibility index (Phi) is 9.14. The second kappa shape index (κ2) is 15.4. The first kappa shape index (κ1) is 39.2. The molecule has 0 saturated heterocycles. The van der Waals surface area contributed by atoms with E-state index in [-0.39, 0.29) is 5.41 Å². The van der Waals surface area contributed by atoms with E-state index in [1.165, 1.54) is 38.5 Å². The third kappa shape index (κ3) is 6.19. The van der Waals surface area contributed by atoms with E-state index in [0.29, 0.717) is 17.5 Å². The monoisotopic (exact) mass is 848 g/mol. The third-order valence-electron chi connectivity index (χ3n) is 13.4. The summed E-state index contributed by atoms with van der Waals surface area (Å²) >= 11 is 0. The Bertz CT molecular complexity index is 3740. The van der Waals surface area contributed by atoms with Crippen LogP contribution in [-0.4, -0.2) is 19.5 Å². The van der Waals surface area contributed by atoms with E-state index in [4.69, 9.17) is 19.4 Å². The molecule has 0 atom stereocenters. The topological polar surface area (TPSA) is 56.7 Å². The van der Waals surface area contributed by atoms with Gasteiger partial charge in [0.15, 0.2) is 17.5 Å². The number of allylic oxidation sites excluding steroid dienone is 5. The lowest BCUT2D eigenvalue weighted by Gasteiger charge is -2.21. The number of benzene rings is 8. The summed E-state index contributed by atoms with van der Waals surface area (Å²) in [6.45, 7) is 11.1. The molecule has 1 aliphatic carbocycles. The molecule has 8 aromatic carbocycles. The fourth-order valence-corrected chi connectivity index (χ4v) is 10.1. The number of rotatable bonds is 8. The Labute approximate surface area is 383 Å². The minimum Gasteiger partial charge on any atom is -0.455 e. The molecule has 0 aliphatic heterocycles. The van der Waals surface area contributed by atoms with Crippen molar-refractivity contribution in [2.24, 2.45) is 0 Å². The number of furan rings is 1. The van der Waals surface area contributed by atoms with E-state index in [1.54, 1.807) is 0 Å². The zero-order valence-electron chi connectivity index (χ0n) is 37.0. The average Bonchev–Trinajstić information content (AvgIpc) is 3.99. The molecule has 0 saturated carbocycles. The van der Waals surface area contributed by atoms with Crippen LogP contribution in [0.2, 0.25) is 0 Å². The Morgan fingerprint density at radius 3 is 1.82 bits per heavy atom. The van der Waals surface area contributed by atoms with Crippen LogP contribution in [0.3, 0.4) is 0 Å². The molecule has 11 aromatic rings. The van der Waals surface area contributed by atoms with Gasteiger partial charge in [-0.3, -0.25) is 0 Å². The zero-order valence-corrected chi connectivity index (χ0v) is 37.0. The van der Waals surface area contributed by atoms with Crippen LogP contribution >= 0.6 is 0 Å². The molecule has 0 N–H and O–H groups in total. The maximum atomic E-state index is 6.99. The van der Waals surface area contributed by atoms with Crippen LogP contribution in [0.25, 0.3) is 106 Å². The molecular formula is C61H44N4O. The van der Waals surface area contributed by atoms with E-state index < -0.39 is 0 Å². The number of aromatic nitrogens is 4. The smallest absolute Gasteiger partial charge is 0.167 e. The number of para-hydroxylation sites is 3. The van der Waals surface area contributed by atoms with Gasteiger partial charge in [0.05, 0.1) is 16.6 Å². The molecule has 3 aromatic heterocycles. The fourth-order valence-electron chi connectivity index (χ4n) is 10.1. The summed E-state index contributed by atoms with van der Waals surface area (Å²) in [5.74, 6) is 1.76. The first-order chi connectivity index (χ1) is 32.4. The van der Waals surface area contributed by atoms with Crippen LogP contribution in [0, 0.1) is 0 Å². The summed E-state index contributed by atoms with van der Waals surface area (Å²) in [5.41, 5.74) is 17.0. The predicted octanol–water partition coefficient (Wildman–Crippen LogP) is 15.8. The second-order valence-corrected chi connectivity index (χ2v) is 17.5. The van der Waals surface area contributed by atoms with Gasteiger partial charge in [-0.05, 0) is 94.4 Å². The van der Waals surface area contributed by atoms with E-state index in [0.717, 1.165) is 72.1 Å². The van der Waals surface area contributed by atoms with Gasteiger partial charge in [0.1, 0.15) is 11.2 Å². The van der Waals surface area contributed by atoms with Crippen LogP contribution in [-0.2, 0) is 5.41 Å². The summed E-state index contributed by atoms with van der Waals surface area (Å²) in [4.78, 5) is 15.0. The van der Waals surface area contributed by atoms with Gasteiger partial charge in [0, 0.05) is 49.3 Å². The van der Waals surface area contributed by atoms with E-state index >= 15 is 0 Å². The zero-order chi connectivity index (χ0) is 44.5. The van der Waals surface area contributed by atoms with Gasteiger partial charge in [-0.15, -0.1) is 0 Å². The Morgan fingerprint density at radius 1 is 0.515 bits per heavy atom. The highest BCUT2D eigenvalue weighted by atomic mass is 16.3. The Balaban J connectivity index is 0.995. The molecular weight excluding hydrogens is 805 g/mol. The van der Waals surface area contributed by atoms with Crippen molar-refractivity contribution in [1.29, 1.82) is 0 Å². The normalized spacial score (nSPS) is 13.4. The van der Waals surface area contributed by atoms with Crippen molar-refractivity contribution in [1.82, 2.24) is 19.5 Å². The molecule has 5 heteroatoms. The molecule has 314 valence electrons. The second-order valence-electron chi connectivity index (χ2n) is 17.5. The van der Waals surface area contributed by atoms with Gasteiger partial charge in [-0.1, -0.05) is 172 Å². The largest absolute Gasteiger partial charge is 0.455 e. The number of hydrogen-bond acceptors (Lipinski definition) is 4. The van der Waals surface area contributed by atoms with Gasteiger partial charge in [-0.25, -0.2) is 15.0 Å². The molecule has 5 nitrogen and oxygen atoms in total. The minimum atomic E-state index is -0.111. The third-order valence-corrected chi connectivity index (χ3v) is 13.4. The minimum absolute atomic E-state index is 0.111. The highest BCUT2D eigenvalue weighted by Crippen LogP contribution is 2.51. The van der Waals surface area contributed by atoms with Crippen molar-refractivity contribution >= 4 is 54.9 Å². The SMILES string of the molecule is C=C/C(=C\C(=C/C)c1cccc2c1oc1c(-c3nc(-c4ccccc4)nc(-c4ccccc4)n3)cccc12)c1ccc2c(c1)c1cc3c(cc1n2-c1ccccc1)C(C)(C)c1ccccc1-3. The van der Waals surface area contributed by atoms with Crippen LogP contribution in [0.5, 0.6) is 0 Å². The van der Waals surface area contributed by atoms with Crippen LogP contribution in [0.4, 0.5) is 0 Å². The number of fused-ring (bicyclic) bond motifs is 9. The van der Waals surface area contributed by atoms with Crippen molar-refractivity contribution in [2.75, 3.05) is 0 Å². The summed E-state index contributed by atoms with van der Waals surface area (Å²) < 4.78 is 9.41. The van der Waals surface area contributed by atoms with Crippen molar-refractivity contribution < 1.29 is 4.42 Å². The summed E-state index contributed by atoms with van der Waals surface area (Å²) in [7, 11) is 0. The van der Waals surface area contributed by atoms with Crippen LogP contribution in [0.1, 0.15) is 43.0 Å². The van der Waals surface area contributed by atoms with Crippen molar-refractivity contribution in [3.05, 3.63) is 229 Å². The molecule has 12 rings (SSSR count). The Hall–Kier alpha value is -8.41. The molecule has 66 heavy (non-hydrogen) atoms. The lowest BCUT2D eigenvalue weighted by atomic mass is 9.82. The molecule has 1 aliphatic rings. The van der Waals surface area contributed by atoms with Crippen molar-refractivity contribution in [3.8, 4) is 51.0 Å². The van der Waals surface area contributed by atoms with Gasteiger partial charge in [0.2, 0.25) is 0 Å². The summed E-state index contributed by atoms with van der Waals surface area (Å²) in [5, 5.41) is 4.44.